The molecule has 0 atom stereocenters. The number of methoxy groups -OCH3 is 1. The van der Waals surface area contributed by atoms with Gasteiger partial charge in [0.05, 0.1) is 19.0 Å². The van der Waals surface area contributed by atoms with Crippen molar-refractivity contribution >= 4 is 23.2 Å². The van der Waals surface area contributed by atoms with Gasteiger partial charge in [-0.25, -0.2) is 4.98 Å². The summed E-state index contributed by atoms with van der Waals surface area (Å²) in [6.45, 7) is 2.54. The molecule has 148 valence electrons. The SMILES string of the molecule is COc1ncccc1C(=O)N1CCN(c2ccc(Nc3cccnc3)nn2)CC1. The van der Waals surface area contributed by atoms with Crippen LogP contribution in [0.4, 0.5) is 17.3 Å². The fourth-order valence-electron chi connectivity index (χ4n) is 3.17. The number of aromatic nitrogens is 4. The van der Waals surface area contributed by atoms with Crippen molar-refractivity contribution in [3.8, 4) is 5.88 Å². The van der Waals surface area contributed by atoms with Gasteiger partial charge >= 0.3 is 0 Å². The van der Waals surface area contributed by atoms with Gasteiger partial charge in [-0.05, 0) is 36.4 Å². The van der Waals surface area contributed by atoms with Crippen LogP contribution in [0.3, 0.4) is 0 Å². The second-order valence-electron chi connectivity index (χ2n) is 6.48. The van der Waals surface area contributed by atoms with Crippen LogP contribution in [0.25, 0.3) is 0 Å². The zero-order chi connectivity index (χ0) is 20.1. The number of nitrogens with one attached hydrogen (secondary N) is 1. The van der Waals surface area contributed by atoms with Gasteiger partial charge < -0.3 is 19.9 Å². The summed E-state index contributed by atoms with van der Waals surface area (Å²) in [5.74, 6) is 1.71. The molecule has 9 heteroatoms. The van der Waals surface area contributed by atoms with E-state index in [2.05, 4.69) is 30.4 Å². The minimum Gasteiger partial charge on any atom is -0.480 e. The molecule has 9 nitrogen and oxygen atoms in total. The average Bonchev–Trinajstić information content (AvgIpc) is 2.80. The Bertz CT molecular complexity index is 958. The first kappa shape index (κ1) is 18.6. The van der Waals surface area contributed by atoms with Gasteiger partial charge in [0, 0.05) is 38.6 Å². The molecule has 1 aliphatic heterocycles. The fraction of sp³-hybridized carbons (Fsp3) is 0.250. The van der Waals surface area contributed by atoms with Gasteiger partial charge in [-0.2, -0.15) is 0 Å². The van der Waals surface area contributed by atoms with Crippen LogP contribution in [0.15, 0.2) is 55.0 Å². The molecule has 1 aliphatic rings. The quantitative estimate of drug-likeness (QED) is 0.705. The Labute approximate surface area is 168 Å². The van der Waals surface area contributed by atoms with Crippen LogP contribution in [0.5, 0.6) is 5.88 Å². The smallest absolute Gasteiger partial charge is 0.259 e. The Kier molecular flexibility index (Phi) is 5.46. The Morgan fingerprint density at radius 2 is 1.86 bits per heavy atom. The van der Waals surface area contributed by atoms with E-state index in [4.69, 9.17) is 4.74 Å². The predicted octanol–water partition coefficient (Wildman–Crippen LogP) is 1.98. The van der Waals surface area contributed by atoms with Crippen LogP contribution in [0.1, 0.15) is 10.4 Å². The standard InChI is InChI=1S/C20H21N7O2/c1-29-19-16(5-3-9-22-19)20(28)27-12-10-26(11-13-27)18-7-6-17(24-25-18)23-15-4-2-8-21-14-15/h2-9,14H,10-13H2,1H3,(H,23,24). The maximum absolute atomic E-state index is 12.8. The molecule has 4 rings (SSSR count). The van der Waals surface area contributed by atoms with Gasteiger partial charge in [-0.15, -0.1) is 10.2 Å². The maximum atomic E-state index is 12.8. The minimum absolute atomic E-state index is 0.0725. The number of rotatable bonds is 5. The monoisotopic (exact) mass is 391 g/mol. The first-order valence-electron chi connectivity index (χ1n) is 9.28. The van der Waals surface area contributed by atoms with Crippen molar-refractivity contribution in [1.82, 2.24) is 25.1 Å². The van der Waals surface area contributed by atoms with Crippen molar-refractivity contribution in [3.63, 3.8) is 0 Å². The predicted molar refractivity (Wildman–Crippen MR) is 108 cm³/mol. The van der Waals surface area contributed by atoms with Crippen molar-refractivity contribution in [2.24, 2.45) is 0 Å². The minimum atomic E-state index is -0.0725. The summed E-state index contributed by atoms with van der Waals surface area (Å²) in [5.41, 5.74) is 1.33. The lowest BCUT2D eigenvalue weighted by molar-refractivity contribution is 0.0742. The van der Waals surface area contributed by atoms with Crippen LogP contribution >= 0.6 is 0 Å². The molecule has 1 amide bonds. The van der Waals surface area contributed by atoms with E-state index in [0.29, 0.717) is 43.4 Å². The van der Waals surface area contributed by atoms with Gasteiger partial charge in [0.1, 0.15) is 5.56 Å². The number of pyridine rings is 2. The van der Waals surface area contributed by atoms with E-state index in [-0.39, 0.29) is 5.91 Å². The van der Waals surface area contributed by atoms with Crippen LogP contribution in [0, 0.1) is 0 Å². The highest BCUT2D eigenvalue weighted by molar-refractivity contribution is 5.96. The van der Waals surface area contributed by atoms with Crippen LogP contribution < -0.4 is 15.0 Å². The van der Waals surface area contributed by atoms with E-state index in [1.807, 2.05) is 29.2 Å². The molecule has 0 aromatic carbocycles. The van der Waals surface area contributed by atoms with Gasteiger partial charge in [0.2, 0.25) is 5.88 Å². The average molecular weight is 391 g/mol. The number of carbonyl (C=O) groups excluding carboxylic acids is 1. The topological polar surface area (TPSA) is 96.4 Å². The number of anilines is 3. The lowest BCUT2D eigenvalue weighted by Gasteiger charge is -2.35. The Morgan fingerprint density at radius 1 is 1.03 bits per heavy atom. The second kappa shape index (κ2) is 8.51. The van der Waals surface area contributed by atoms with Crippen molar-refractivity contribution in [2.45, 2.75) is 0 Å². The van der Waals surface area contributed by atoms with Crippen molar-refractivity contribution in [2.75, 3.05) is 43.5 Å². The largest absolute Gasteiger partial charge is 0.480 e. The molecule has 4 heterocycles. The molecule has 0 aliphatic carbocycles. The summed E-state index contributed by atoms with van der Waals surface area (Å²) < 4.78 is 5.20. The number of carbonyl (C=O) groups is 1. The van der Waals surface area contributed by atoms with Gasteiger partial charge in [0.15, 0.2) is 11.6 Å². The normalized spacial score (nSPS) is 13.8. The van der Waals surface area contributed by atoms with Gasteiger partial charge in [-0.3, -0.25) is 9.78 Å². The second-order valence-corrected chi connectivity index (χ2v) is 6.48. The molecule has 3 aromatic heterocycles. The Balaban J connectivity index is 1.36. The first-order chi connectivity index (χ1) is 14.2. The van der Waals surface area contributed by atoms with E-state index in [1.165, 1.54) is 7.11 Å². The molecule has 1 N–H and O–H groups in total. The van der Waals surface area contributed by atoms with E-state index in [0.717, 1.165) is 11.5 Å². The van der Waals surface area contributed by atoms with Gasteiger partial charge in [-0.1, -0.05) is 0 Å². The summed E-state index contributed by atoms with van der Waals surface area (Å²) >= 11 is 0. The molecular weight excluding hydrogens is 370 g/mol. The Morgan fingerprint density at radius 3 is 2.55 bits per heavy atom. The highest BCUT2D eigenvalue weighted by Crippen LogP contribution is 2.20. The number of amides is 1. The summed E-state index contributed by atoms with van der Waals surface area (Å²) in [5, 5.41) is 11.7. The highest BCUT2D eigenvalue weighted by Gasteiger charge is 2.25. The number of hydrogen-bond donors (Lipinski definition) is 1. The molecule has 0 spiro atoms. The van der Waals surface area contributed by atoms with Crippen molar-refractivity contribution in [1.29, 1.82) is 0 Å². The molecule has 3 aromatic rings. The van der Waals surface area contributed by atoms with E-state index < -0.39 is 0 Å². The zero-order valence-electron chi connectivity index (χ0n) is 16.0. The zero-order valence-corrected chi connectivity index (χ0v) is 16.0. The third kappa shape index (κ3) is 4.23. The summed E-state index contributed by atoms with van der Waals surface area (Å²) in [7, 11) is 1.52. The third-order valence-electron chi connectivity index (χ3n) is 4.67. The van der Waals surface area contributed by atoms with E-state index >= 15 is 0 Å². The molecule has 0 unspecified atom stereocenters. The lowest BCUT2D eigenvalue weighted by Crippen LogP contribution is -2.49. The molecule has 0 bridgehead atoms. The number of hydrogen-bond acceptors (Lipinski definition) is 8. The molecule has 1 fully saturated rings. The molecule has 0 saturated carbocycles. The fourth-order valence-corrected chi connectivity index (χ4v) is 3.17. The maximum Gasteiger partial charge on any atom is 0.259 e. The summed E-state index contributed by atoms with van der Waals surface area (Å²) in [6, 6.07) is 11.0. The molecule has 0 radical (unpaired) electrons. The van der Waals surface area contributed by atoms with Crippen molar-refractivity contribution in [3.05, 3.63) is 60.6 Å². The first-order valence-corrected chi connectivity index (χ1v) is 9.28. The van der Waals surface area contributed by atoms with Crippen LogP contribution in [-0.4, -0.2) is 64.3 Å². The number of piperazine rings is 1. The van der Waals surface area contributed by atoms with E-state index in [1.54, 1.807) is 30.7 Å². The molecule has 29 heavy (non-hydrogen) atoms. The van der Waals surface area contributed by atoms with Crippen molar-refractivity contribution < 1.29 is 9.53 Å². The van der Waals surface area contributed by atoms with Crippen LogP contribution in [-0.2, 0) is 0 Å². The highest BCUT2D eigenvalue weighted by atomic mass is 16.5. The Hall–Kier alpha value is -3.75. The lowest BCUT2D eigenvalue weighted by atomic mass is 10.2. The van der Waals surface area contributed by atoms with E-state index in [9.17, 15) is 4.79 Å². The number of nitrogens with zero attached hydrogens (tertiary/aromatic N) is 6. The third-order valence-corrected chi connectivity index (χ3v) is 4.67. The summed E-state index contributed by atoms with van der Waals surface area (Å²) in [6.07, 6.45) is 5.05. The van der Waals surface area contributed by atoms with Gasteiger partial charge in [0.25, 0.3) is 5.91 Å². The molecule has 1 saturated heterocycles. The number of ether oxygens (including phenoxy) is 1. The van der Waals surface area contributed by atoms with Crippen LogP contribution in [0.2, 0.25) is 0 Å². The molecular formula is C20H21N7O2. The summed E-state index contributed by atoms with van der Waals surface area (Å²) in [4.78, 5) is 24.9.